The average molecular weight is 347 g/mol. The molecule has 0 atom stereocenters. The minimum absolute atomic E-state index is 0.0838. The number of anilines is 1. The highest BCUT2D eigenvalue weighted by molar-refractivity contribution is 7.93. The van der Waals surface area contributed by atoms with E-state index < -0.39 is 22.5 Å². The Morgan fingerprint density at radius 2 is 1.74 bits per heavy atom. The molecule has 0 unspecified atom stereocenters. The standard InChI is InChI=1S/C15H13N3O3S2/c16-14(19)10-18(23(20,21)11-6-2-1-3-7-11)15-17-12-8-4-5-9-13(12)22-15/h1-9H,10H2,(H2,16,19). The van der Waals surface area contributed by atoms with Gasteiger partial charge in [0.15, 0.2) is 0 Å². The van der Waals surface area contributed by atoms with Gasteiger partial charge in [0.25, 0.3) is 10.0 Å². The number of benzene rings is 2. The van der Waals surface area contributed by atoms with E-state index in [0.29, 0.717) is 5.52 Å². The van der Waals surface area contributed by atoms with Gasteiger partial charge in [-0.1, -0.05) is 41.7 Å². The summed E-state index contributed by atoms with van der Waals surface area (Å²) in [5.41, 5.74) is 5.90. The SMILES string of the molecule is NC(=O)CN(c1nc2ccccc2s1)S(=O)(=O)c1ccccc1. The van der Waals surface area contributed by atoms with E-state index in [9.17, 15) is 13.2 Å². The molecule has 0 saturated carbocycles. The van der Waals surface area contributed by atoms with Crippen LogP contribution >= 0.6 is 11.3 Å². The number of para-hydroxylation sites is 1. The summed E-state index contributed by atoms with van der Waals surface area (Å²) in [4.78, 5) is 15.8. The molecule has 0 aliphatic rings. The van der Waals surface area contributed by atoms with E-state index in [0.717, 1.165) is 9.01 Å². The summed E-state index contributed by atoms with van der Waals surface area (Å²) >= 11 is 1.20. The van der Waals surface area contributed by atoms with Crippen molar-refractivity contribution in [2.45, 2.75) is 4.90 Å². The van der Waals surface area contributed by atoms with E-state index in [4.69, 9.17) is 5.73 Å². The van der Waals surface area contributed by atoms with Crippen LogP contribution in [0.1, 0.15) is 0 Å². The van der Waals surface area contributed by atoms with E-state index >= 15 is 0 Å². The van der Waals surface area contributed by atoms with Crippen molar-refractivity contribution in [3.05, 3.63) is 54.6 Å². The lowest BCUT2D eigenvalue weighted by atomic mass is 10.3. The van der Waals surface area contributed by atoms with Gasteiger partial charge in [0.2, 0.25) is 11.0 Å². The van der Waals surface area contributed by atoms with Crippen molar-refractivity contribution in [3.8, 4) is 0 Å². The first-order chi connectivity index (χ1) is 11.0. The Kier molecular flexibility index (Phi) is 4.01. The van der Waals surface area contributed by atoms with Gasteiger partial charge in [0.1, 0.15) is 6.54 Å². The summed E-state index contributed by atoms with van der Waals surface area (Å²) in [5, 5.41) is 0.217. The zero-order chi connectivity index (χ0) is 16.4. The van der Waals surface area contributed by atoms with Gasteiger partial charge in [-0.25, -0.2) is 17.7 Å². The summed E-state index contributed by atoms with van der Waals surface area (Å²) in [7, 11) is -3.92. The van der Waals surface area contributed by atoms with Crippen LogP contribution in [0.4, 0.5) is 5.13 Å². The molecule has 0 saturated heterocycles. The third-order valence-corrected chi connectivity index (χ3v) is 6.05. The molecule has 1 heterocycles. The zero-order valence-corrected chi connectivity index (χ0v) is 13.5. The minimum atomic E-state index is -3.92. The van der Waals surface area contributed by atoms with E-state index in [-0.39, 0.29) is 10.0 Å². The number of sulfonamides is 1. The molecule has 0 fully saturated rings. The molecule has 2 aromatic carbocycles. The lowest BCUT2D eigenvalue weighted by molar-refractivity contribution is -0.116. The van der Waals surface area contributed by atoms with Crippen LogP contribution in [0.3, 0.4) is 0 Å². The first-order valence-corrected chi connectivity index (χ1v) is 8.96. The smallest absolute Gasteiger partial charge is 0.266 e. The summed E-state index contributed by atoms with van der Waals surface area (Å²) in [6, 6.07) is 15.2. The van der Waals surface area contributed by atoms with Crippen LogP contribution in [0, 0.1) is 0 Å². The number of carbonyl (C=O) groups excluding carboxylic acids is 1. The number of amides is 1. The van der Waals surface area contributed by atoms with Gasteiger partial charge < -0.3 is 5.73 Å². The zero-order valence-electron chi connectivity index (χ0n) is 11.9. The topological polar surface area (TPSA) is 93.4 Å². The Labute approximate surface area is 137 Å². The normalized spacial score (nSPS) is 11.5. The summed E-state index contributed by atoms with van der Waals surface area (Å²) in [5.74, 6) is -0.747. The highest BCUT2D eigenvalue weighted by Crippen LogP contribution is 2.31. The van der Waals surface area contributed by atoms with E-state index in [1.807, 2.05) is 18.2 Å². The minimum Gasteiger partial charge on any atom is -0.368 e. The number of aromatic nitrogens is 1. The number of thiazole rings is 1. The fraction of sp³-hybridized carbons (Fsp3) is 0.0667. The predicted molar refractivity (Wildman–Crippen MR) is 89.8 cm³/mol. The maximum Gasteiger partial charge on any atom is 0.266 e. The second-order valence-electron chi connectivity index (χ2n) is 4.76. The van der Waals surface area contributed by atoms with Crippen molar-refractivity contribution < 1.29 is 13.2 Å². The fourth-order valence-electron chi connectivity index (χ4n) is 2.08. The van der Waals surface area contributed by atoms with Crippen molar-refractivity contribution in [2.75, 3.05) is 10.8 Å². The molecule has 0 radical (unpaired) electrons. The first-order valence-electron chi connectivity index (χ1n) is 6.70. The van der Waals surface area contributed by atoms with Crippen molar-refractivity contribution in [3.63, 3.8) is 0 Å². The van der Waals surface area contributed by atoms with E-state index in [1.54, 1.807) is 24.3 Å². The van der Waals surface area contributed by atoms with Gasteiger partial charge in [-0.05, 0) is 24.3 Å². The fourth-order valence-corrected chi connectivity index (χ4v) is 4.66. The van der Waals surface area contributed by atoms with Gasteiger partial charge in [0.05, 0.1) is 15.1 Å². The van der Waals surface area contributed by atoms with Crippen molar-refractivity contribution >= 4 is 42.6 Å². The Morgan fingerprint density at radius 3 is 2.39 bits per heavy atom. The summed E-state index contributed by atoms with van der Waals surface area (Å²) < 4.78 is 27.4. The molecular weight excluding hydrogens is 334 g/mol. The number of rotatable bonds is 5. The molecule has 8 heteroatoms. The molecular formula is C15H13N3O3S2. The molecule has 118 valence electrons. The highest BCUT2D eigenvalue weighted by atomic mass is 32.2. The van der Waals surface area contributed by atoms with Gasteiger partial charge >= 0.3 is 0 Å². The number of nitrogens with two attached hydrogens (primary N) is 1. The van der Waals surface area contributed by atoms with Gasteiger partial charge in [-0.15, -0.1) is 0 Å². The van der Waals surface area contributed by atoms with Gasteiger partial charge in [0, 0.05) is 0 Å². The van der Waals surface area contributed by atoms with Crippen LogP contribution in [0.5, 0.6) is 0 Å². The number of hydrogen-bond donors (Lipinski definition) is 1. The van der Waals surface area contributed by atoms with Crippen LogP contribution < -0.4 is 10.0 Å². The summed E-state index contributed by atoms with van der Waals surface area (Å²) in [6.45, 7) is -0.461. The number of nitrogens with zero attached hydrogens (tertiary/aromatic N) is 2. The number of hydrogen-bond acceptors (Lipinski definition) is 5. The van der Waals surface area contributed by atoms with Crippen LogP contribution in [0.2, 0.25) is 0 Å². The van der Waals surface area contributed by atoms with Gasteiger partial charge in [-0.2, -0.15) is 0 Å². The third kappa shape index (κ3) is 3.03. The van der Waals surface area contributed by atoms with E-state index in [2.05, 4.69) is 4.98 Å². The monoisotopic (exact) mass is 347 g/mol. The van der Waals surface area contributed by atoms with Crippen molar-refractivity contribution in [1.29, 1.82) is 0 Å². The average Bonchev–Trinajstić information content (AvgIpc) is 2.96. The third-order valence-electron chi connectivity index (χ3n) is 3.13. The molecule has 2 N–H and O–H groups in total. The van der Waals surface area contributed by atoms with Gasteiger partial charge in [-0.3, -0.25) is 4.79 Å². The molecule has 0 bridgehead atoms. The quantitative estimate of drug-likeness (QED) is 0.763. The number of fused-ring (bicyclic) bond motifs is 1. The van der Waals surface area contributed by atoms with Crippen LogP contribution in [0.15, 0.2) is 59.5 Å². The molecule has 0 aliphatic carbocycles. The Balaban J connectivity index is 2.13. The van der Waals surface area contributed by atoms with Crippen molar-refractivity contribution in [2.24, 2.45) is 5.73 Å². The molecule has 1 amide bonds. The predicted octanol–water partition coefficient (Wildman–Crippen LogP) is 1.98. The number of primary amides is 1. The van der Waals surface area contributed by atoms with Crippen LogP contribution in [-0.2, 0) is 14.8 Å². The highest BCUT2D eigenvalue weighted by Gasteiger charge is 2.28. The lowest BCUT2D eigenvalue weighted by Gasteiger charge is -2.20. The molecule has 3 aromatic rings. The Hall–Kier alpha value is -2.45. The summed E-state index contributed by atoms with van der Waals surface area (Å²) in [6.07, 6.45) is 0. The lowest BCUT2D eigenvalue weighted by Crippen LogP contribution is -2.38. The second kappa shape index (κ2) is 5.98. The maximum absolute atomic E-state index is 12.8. The first kappa shape index (κ1) is 15.4. The molecule has 0 spiro atoms. The molecule has 3 rings (SSSR count). The Bertz CT molecular complexity index is 919. The molecule has 23 heavy (non-hydrogen) atoms. The van der Waals surface area contributed by atoms with Crippen LogP contribution in [0.25, 0.3) is 10.2 Å². The van der Waals surface area contributed by atoms with E-state index in [1.165, 1.54) is 23.5 Å². The molecule has 0 aliphatic heterocycles. The molecule has 6 nitrogen and oxygen atoms in total. The Morgan fingerprint density at radius 1 is 1.09 bits per heavy atom. The van der Waals surface area contributed by atoms with Crippen molar-refractivity contribution in [1.82, 2.24) is 4.98 Å². The van der Waals surface area contributed by atoms with Crippen LogP contribution in [-0.4, -0.2) is 25.9 Å². The number of carbonyl (C=O) groups is 1. The molecule has 1 aromatic heterocycles. The second-order valence-corrected chi connectivity index (χ2v) is 7.63. The maximum atomic E-state index is 12.8. The largest absolute Gasteiger partial charge is 0.368 e.